The van der Waals surface area contributed by atoms with Gasteiger partial charge in [0.05, 0.1) is 19.3 Å². The molecule has 0 unspecified atom stereocenters. The molecule has 2 heterocycles. The van der Waals surface area contributed by atoms with E-state index in [1.54, 1.807) is 30.5 Å². The predicted octanol–water partition coefficient (Wildman–Crippen LogP) is 2.54. The van der Waals surface area contributed by atoms with Crippen molar-refractivity contribution in [2.75, 3.05) is 32.8 Å². The average molecular weight is 346 g/mol. The summed E-state index contributed by atoms with van der Waals surface area (Å²) in [6.45, 7) is 3.61. The lowest BCUT2D eigenvalue weighted by Crippen LogP contribution is -2.43. The minimum absolute atomic E-state index is 0.0748. The van der Waals surface area contributed by atoms with Crippen LogP contribution in [0.1, 0.15) is 22.0 Å². The predicted molar refractivity (Wildman–Crippen MR) is 93.2 cm³/mol. The van der Waals surface area contributed by atoms with E-state index >= 15 is 0 Å². The first-order valence-corrected chi connectivity index (χ1v) is 8.37. The van der Waals surface area contributed by atoms with Crippen molar-refractivity contribution in [3.05, 3.63) is 64.9 Å². The molecule has 5 nitrogen and oxygen atoms in total. The summed E-state index contributed by atoms with van der Waals surface area (Å²) in [7, 11) is 0. The number of nitrogens with one attached hydrogen (secondary N) is 1. The highest BCUT2D eigenvalue weighted by Gasteiger charge is 2.23. The first-order valence-electron chi connectivity index (χ1n) is 7.99. The average Bonchev–Trinajstić information content (AvgIpc) is 2.63. The van der Waals surface area contributed by atoms with Crippen LogP contribution >= 0.6 is 11.6 Å². The minimum Gasteiger partial charge on any atom is -0.379 e. The molecule has 1 N–H and O–H groups in total. The molecule has 0 bridgehead atoms. The van der Waals surface area contributed by atoms with Crippen LogP contribution in [-0.2, 0) is 4.74 Å². The number of hydrogen-bond donors (Lipinski definition) is 1. The van der Waals surface area contributed by atoms with Gasteiger partial charge in [-0.15, -0.1) is 0 Å². The van der Waals surface area contributed by atoms with Gasteiger partial charge in [-0.05, 0) is 29.8 Å². The van der Waals surface area contributed by atoms with Crippen LogP contribution in [-0.4, -0.2) is 48.6 Å². The van der Waals surface area contributed by atoms with Gasteiger partial charge in [-0.3, -0.25) is 14.7 Å². The molecule has 2 aromatic rings. The van der Waals surface area contributed by atoms with Gasteiger partial charge in [-0.25, -0.2) is 0 Å². The SMILES string of the molecule is O=C(NC[C@H](c1cccnc1)N1CCOCC1)c1cccc(Cl)c1. The van der Waals surface area contributed by atoms with Gasteiger partial charge >= 0.3 is 0 Å². The summed E-state index contributed by atoms with van der Waals surface area (Å²) in [6.07, 6.45) is 3.61. The van der Waals surface area contributed by atoms with E-state index in [0.717, 1.165) is 18.7 Å². The van der Waals surface area contributed by atoms with Crippen molar-refractivity contribution in [3.8, 4) is 0 Å². The highest BCUT2D eigenvalue weighted by molar-refractivity contribution is 6.30. The molecule has 24 heavy (non-hydrogen) atoms. The maximum absolute atomic E-state index is 12.4. The monoisotopic (exact) mass is 345 g/mol. The number of benzene rings is 1. The van der Waals surface area contributed by atoms with Crippen molar-refractivity contribution in [2.45, 2.75) is 6.04 Å². The Morgan fingerprint density at radius 3 is 2.83 bits per heavy atom. The number of rotatable bonds is 5. The fourth-order valence-corrected chi connectivity index (χ4v) is 3.03. The van der Waals surface area contributed by atoms with E-state index in [0.29, 0.717) is 30.3 Å². The summed E-state index contributed by atoms with van der Waals surface area (Å²) >= 11 is 5.96. The van der Waals surface area contributed by atoms with Gasteiger partial charge in [-0.1, -0.05) is 23.7 Å². The zero-order valence-electron chi connectivity index (χ0n) is 13.3. The Hall–Kier alpha value is -1.95. The van der Waals surface area contributed by atoms with Crippen molar-refractivity contribution in [3.63, 3.8) is 0 Å². The third-order valence-corrected chi connectivity index (χ3v) is 4.33. The number of pyridine rings is 1. The lowest BCUT2D eigenvalue weighted by Gasteiger charge is -2.34. The van der Waals surface area contributed by atoms with Gasteiger partial charge < -0.3 is 10.1 Å². The third kappa shape index (κ3) is 4.32. The molecule has 1 aromatic carbocycles. The van der Waals surface area contributed by atoms with E-state index in [-0.39, 0.29) is 11.9 Å². The Bertz CT molecular complexity index is 675. The van der Waals surface area contributed by atoms with Crippen molar-refractivity contribution >= 4 is 17.5 Å². The molecule has 1 amide bonds. The van der Waals surface area contributed by atoms with Crippen LogP contribution in [0.2, 0.25) is 5.02 Å². The van der Waals surface area contributed by atoms with Crippen molar-refractivity contribution in [1.82, 2.24) is 15.2 Å². The van der Waals surface area contributed by atoms with E-state index < -0.39 is 0 Å². The van der Waals surface area contributed by atoms with Gasteiger partial charge in [0.1, 0.15) is 0 Å². The molecule has 6 heteroatoms. The molecule has 1 atom stereocenters. The van der Waals surface area contributed by atoms with E-state index in [2.05, 4.69) is 15.2 Å². The van der Waals surface area contributed by atoms with Gasteiger partial charge in [0.25, 0.3) is 5.91 Å². The fourth-order valence-electron chi connectivity index (χ4n) is 2.84. The molecule has 126 valence electrons. The Labute approximate surface area is 146 Å². The summed E-state index contributed by atoms with van der Waals surface area (Å²) in [5.41, 5.74) is 1.65. The molecular weight excluding hydrogens is 326 g/mol. The number of aromatic nitrogens is 1. The van der Waals surface area contributed by atoms with Crippen LogP contribution in [0.5, 0.6) is 0 Å². The fraction of sp³-hybridized carbons (Fsp3) is 0.333. The number of nitrogens with zero attached hydrogens (tertiary/aromatic N) is 2. The van der Waals surface area contributed by atoms with E-state index in [1.165, 1.54) is 0 Å². The van der Waals surface area contributed by atoms with Crippen molar-refractivity contribution < 1.29 is 9.53 Å². The van der Waals surface area contributed by atoms with E-state index in [1.807, 2.05) is 18.3 Å². The molecular formula is C18H20ClN3O2. The molecule has 0 spiro atoms. The van der Waals surface area contributed by atoms with Gasteiger partial charge in [0, 0.05) is 42.6 Å². The molecule has 1 aromatic heterocycles. The first kappa shape index (κ1) is 16.9. The lowest BCUT2D eigenvalue weighted by molar-refractivity contribution is 0.0161. The zero-order valence-corrected chi connectivity index (χ0v) is 14.1. The number of halogens is 1. The van der Waals surface area contributed by atoms with Crippen LogP contribution in [0.25, 0.3) is 0 Å². The van der Waals surface area contributed by atoms with Crippen LogP contribution in [0.3, 0.4) is 0 Å². The van der Waals surface area contributed by atoms with Crippen LogP contribution in [0.4, 0.5) is 0 Å². The Morgan fingerprint density at radius 2 is 2.12 bits per heavy atom. The van der Waals surface area contributed by atoms with Crippen LogP contribution in [0, 0.1) is 0 Å². The molecule has 0 aliphatic carbocycles. The molecule has 1 aliphatic rings. The van der Waals surface area contributed by atoms with E-state index in [4.69, 9.17) is 16.3 Å². The summed E-state index contributed by atoms with van der Waals surface area (Å²) in [5.74, 6) is -0.125. The van der Waals surface area contributed by atoms with Crippen LogP contribution < -0.4 is 5.32 Å². The molecule has 3 rings (SSSR count). The standard InChI is InChI=1S/C18H20ClN3O2/c19-16-5-1-3-14(11-16)18(23)21-13-17(15-4-2-6-20-12-15)22-7-9-24-10-8-22/h1-6,11-12,17H,7-10,13H2,(H,21,23)/t17-/m1/s1. The van der Waals surface area contributed by atoms with Gasteiger partial charge in [-0.2, -0.15) is 0 Å². The summed E-state index contributed by atoms with van der Waals surface area (Å²) in [4.78, 5) is 18.9. The molecule has 1 fully saturated rings. The van der Waals surface area contributed by atoms with Crippen LogP contribution in [0.15, 0.2) is 48.8 Å². The number of carbonyl (C=O) groups excluding carboxylic acids is 1. The highest BCUT2D eigenvalue weighted by Crippen LogP contribution is 2.20. The molecule has 0 saturated carbocycles. The maximum Gasteiger partial charge on any atom is 0.251 e. The highest BCUT2D eigenvalue weighted by atomic mass is 35.5. The van der Waals surface area contributed by atoms with E-state index in [9.17, 15) is 4.79 Å². The van der Waals surface area contributed by atoms with Gasteiger partial charge in [0.2, 0.25) is 0 Å². The Kier molecular flexibility index (Phi) is 5.80. The summed E-state index contributed by atoms with van der Waals surface area (Å²) in [6, 6.07) is 11.0. The number of amides is 1. The quantitative estimate of drug-likeness (QED) is 0.904. The van der Waals surface area contributed by atoms with Gasteiger partial charge in [0.15, 0.2) is 0 Å². The number of hydrogen-bond acceptors (Lipinski definition) is 4. The molecule has 0 radical (unpaired) electrons. The molecule has 1 aliphatic heterocycles. The second-order valence-electron chi connectivity index (χ2n) is 5.67. The topological polar surface area (TPSA) is 54.5 Å². The second-order valence-corrected chi connectivity index (χ2v) is 6.11. The zero-order chi connectivity index (χ0) is 16.8. The largest absolute Gasteiger partial charge is 0.379 e. The lowest BCUT2D eigenvalue weighted by atomic mass is 10.1. The molecule has 1 saturated heterocycles. The smallest absolute Gasteiger partial charge is 0.251 e. The number of morpholine rings is 1. The van der Waals surface area contributed by atoms with Crippen molar-refractivity contribution in [2.24, 2.45) is 0 Å². The normalized spacial score (nSPS) is 16.5. The summed E-state index contributed by atoms with van der Waals surface area (Å²) < 4.78 is 5.43. The Balaban J connectivity index is 1.71. The number of ether oxygens (including phenoxy) is 1. The minimum atomic E-state index is -0.125. The first-order chi connectivity index (χ1) is 11.7. The second kappa shape index (κ2) is 8.24. The maximum atomic E-state index is 12.4. The Morgan fingerprint density at radius 1 is 1.29 bits per heavy atom. The van der Waals surface area contributed by atoms with Crippen molar-refractivity contribution in [1.29, 1.82) is 0 Å². The third-order valence-electron chi connectivity index (χ3n) is 4.10. The summed E-state index contributed by atoms with van der Waals surface area (Å²) in [5, 5.41) is 3.57. The number of carbonyl (C=O) groups is 1.